The minimum absolute atomic E-state index is 0.867. The minimum Gasteiger partial charge on any atom is -0.307 e. The lowest BCUT2D eigenvalue weighted by Crippen LogP contribution is -2.12. The summed E-state index contributed by atoms with van der Waals surface area (Å²) < 4.78 is 0. The first-order valence-corrected chi connectivity index (χ1v) is 6.86. The number of nitrogens with zero attached hydrogens (tertiary/aromatic N) is 1. The molecule has 2 aromatic heterocycles. The van der Waals surface area contributed by atoms with Gasteiger partial charge in [-0.2, -0.15) is 11.3 Å². The van der Waals surface area contributed by atoms with Crippen molar-refractivity contribution in [2.45, 2.75) is 26.4 Å². The lowest BCUT2D eigenvalue weighted by Gasteiger charge is -1.99. The minimum atomic E-state index is 0.867. The van der Waals surface area contributed by atoms with Gasteiger partial charge in [0, 0.05) is 18.5 Å². The monoisotopic (exact) mass is 238 g/mol. The molecule has 0 aliphatic rings. The van der Waals surface area contributed by atoms with Crippen LogP contribution in [0.3, 0.4) is 0 Å². The predicted octanol–water partition coefficient (Wildman–Crippen LogP) is 3.06. The van der Waals surface area contributed by atoms with Gasteiger partial charge in [0.15, 0.2) is 0 Å². The van der Waals surface area contributed by atoms with Crippen LogP contribution in [0.1, 0.15) is 23.2 Å². The van der Waals surface area contributed by atoms with E-state index in [1.165, 1.54) is 10.6 Å². The van der Waals surface area contributed by atoms with Gasteiger partial charge in [-0.3, -0.25) is 0 Å². The first-order chi connectivity index (χ1) is 7.38. The van der Waals surface area contributed by atoms with Crippen molar-refractivity contribution < 1.29 is 0 Å². The van der Waals surface area contributed by atoms with Crippen LogP contribution in [-0.4, -0.2) is 4.98 Å². The molecule has 1 N–H and O–H groups in total. The molecule has 2 aromatic rings. The number of hydrogen-bond acceptors (Lipinski definition) is 4. The van der Waals surface area contributed by atoms with Gasteiger partial charge in [-0.25, -0.2) is 4.98 Å². The third kappa shape index (κ3) is 3.12. The molecule has 0 aliphatic heterocycles. The van der Waals surface area contributed by atoms with Crippen molar-refractivity contribution in [3.05, 3.63) is 38.5 Å². The van der Waals surface area contributed by atoms with Crippen LogP contribution in [-0.2, 0) is 19.5 Å². The summed E-state index contributed by atoms with van der Waals surface area (Å²) in [6.45, 7) is 3.94. The highest BCUT2D eigenvalue weighted by atomic mass is 32.1. The third-order valence-corrected chi connectivity index (χ3v) is 3.89. The van der Waals surface area contributed by atoms with Crippen LogP contribution >= 0.6 is 22.7 Å². The Morgan fingerprint density at radius 1 is 1.33 bits per heavy atom. The largest absolute Gasteiger partial charge is 0.307 e. The molecule has 2 heterocycles. The second kappa shape index (κ2) is 5.39. The molecular weight excluding hydrogens is 224 g/mol. The van der Waals surface area contributed by atoms with E-state index in [1.807, 2.05) is 0 Å². The van der Waals surface area contributed by atoms with Gasteiger partial charge in [0.25, 0.3) is 0 Å². The Morgan fingerprint density at radius 3 is 2.93 bits per heavy atom. The van der Waals surface area contributed by atoms with Gasteiger partial charge in [0.05, 0.1) is 10.7 Å². The molecule has 15 heavy (non-hydrogen) atoms. The molecule has 0 aromatic carbocycles. The van der Waals surface area contributed by atoms with Crippen LogP contribution in [0.2, 0.25) is 0 Å². The summed E-state index contributed by atoms with van der Waals surface area (Å²) in [7, 11) is 0. The van der Waals surface area contributed by atoms with Crippen molar-refractivity contribution in [1.82, 2.24) is 10.3 Å². The first kappa shape index (κ1) is 10.8. The van der Waals surface area contributed by atoms with Crippen molar-refractivity contribution in [3.8, 4) is 0 Å². The van der Waals surface area contributed by atoms with Crippen LogP contribution in [0.15, 0.2) is 22.2 Å². The molecule has 80 valence electrons. The molecule has 0 radical (unpaired) electrons. The van der Waals surface area contributed by atoms with Gasteiger partial charge in [-0.05, 0) is 28.8 Å². The maximum Gasteiger partial charge on any atom is 0.0926 e. The fraction of sp³-hybridized carbons (Fsp3) is 0.364. The van der Waals surface area contributed by atoms with Crippen LogP contribution in [0, 0.1) is 0 Å². The zero-order valence-electron chi connectivity index (χ0n) is 8.69. The molecule has 0 atom stereocenters. The number of rotatable bonds is 5. The van der Waals surface area contributed by atoms with Crippen LogP contribution < -0.4 is 5.32 Å². The predicted molar refractivity (Wildman–Crippen MR) is 66.4 cm³/mol. The highest BCUT2D eigenvalue weighted by Gasteiger charge is 1.99. The quantitative estimate of drug-likeness (QED) is 0.866. The maximum absolute atomic E-state index is 4.51. The van der Waals surface area contributed by atoms with E-state index < -0.39 is 0 Å². The number of aryl methyl sites for hydroxylation is 1. The lowest BCUT2D eigenvalue weighted by molar-refractivity contribution is 0.682. The molecule has 0 aliphatic carbocycles. The Labute approximate surface area is 98.0 Å². The first-order valence-electron chi connectivity index (χ1n) is 5.03. The Balaban J connectivity index is 1.78. The third-order valence-electron chi connectivity index (χ3n) is 2.12. The Kier molecular flexibility index (Phi) is 3.88. The zero-order valence-corrected chi connectivity index (χ0v) is 10.3. The molecule has 2 nitrogen and oxygen atoms in total. The zero-order chi connectivity index (χ0) is 10.5. The molecule has 0 amide bonds. The average Bonchev–Trinajstić information content (AvgIpc) is 2.88. The number of thiazole rings is 1. The maximum atomic E-state index is 4.51. The van der Waals surface area contributed by atoms with Gasteiger partial charge in [-0.15, -0.1) is 11.3 Å². The molecule has 0 saturated carbocycles. The second-order valence-electron chi connectivity index (χ2n) is 3.32. The SMILES string of the molecule is CCc1nc(CNCc2ccsc2)cs1. The van der Waals surface area contributed by atoms with E-state index >= 15 is 0 Å². The van der Waals surface area contributed by atoms with E-state index in [0.29, 0.717) is 0 Å². The van der Waals surface area contributed by atoms with Crippen molar-refractivity contribution >= 4 is 22.7 Å². The second-order valence-corrected chi connectivity index (χ2v) is 5.04. The summed E-state index contributed by atoms with van der Waals surface area (Å²) in [6.07, 6.45) is 1.04. The van der Waals surface area contributed by atoms with Crippen LogP contribution in [0.4, 0.5) is 0 Å². The van der Waals surface area contributed by atoms with Gasteiger partial charge in [-0.1, -0.05) is 6.92 Å². The van der Waals surface area contributed by atoms with Gasteiger partial charge in [0.2, 0.25) is 0 Å². The summed E-state index contributed by atoms with van der Waals surface area (Å²) in [5.41, 5.74) is 2.51. The van der Waals surface area contributed by atoms with Crippen molar-refractivity contribution in [3.63, 3.8) is 0 Å². The van der Waals surface area contributed by atoms with Gasteiger partial charge in [0.1, 0.15) is 0 Å². The van der Waals surface area contributed by atoms with Gasteiger partial charge >= 0.3 is 0 Å². The summed E-state index contributed by atoms with van der Waals surface area (Å²) >= 11 is 3.49. The normalized spacial score (nSPS) is 10.7. The Bertz CT molecular complexity index is 392. The number of hydrogen-bond donors (Lipinski definition) is 1. The van der Waals surface area contributed by atoms with E-state index in [1.54, 1.807) is 22.7 Å². The number of thiophene rings is 1. The molecule has 0 unspecified atom stereocenters. The van der Waals surface area contributed by atoms with E-state index in [-0.39, 0.29) is 0 Å². The van der Waals surface area contributed by atoms with E-state index in [0.717, 1.165) is 25.2 Å². The van der Waals surface area contributed by atoms with Crippen molar-refractivity contribution in [2.24, 2.45) is 0 Å². The highest BCUT2D eigenvalue weighted by molar-refractivity contribution is 7.09. The van der Waals surface area contributed by atoms with E-state index in [9.17, 15) is 0 Å². The molecule has 2 rings (SSSR count). The standard InChI is InChI=1S/C11H14N2S2/c1-2-11-13-10(8-15-11)6-12-5-9-3-4-14-7-9/h3-4,7-8,12H,2,5-6H2,1H3. The fourth-order valence-corrected chi connectivity index (χ4v) is 2.73. The summed E-state index contributed by atoms with van der Waals surface area (Å²) in [5.74, 6) is 0. The smallest absolute Gasteiger partial charge is 0.0926 e. The van der Waals surface area contributed by atoms with Crippen LogP contribution in [0.25, 0.3) is 0 Å². The lowest BCUT2D eigenvalue weighted by atomic mass is 10.3. The Hall–Kier alpha value is -0.710. The molecule has 0 saturated heterocycles. The average molecular weight is 238 g/mol. The Morgan fingerprint density at radius 2 is 2.27 bits per heavy atom. The van der Waals surface area contributed by atoms with Crippen molar-refractivity contribution in [1.29, 1.82) is 0 Å². The van der Waals surface area contributed by atoms with Crippen molar-refractivity contribution in [2.75, 3.05) is 0 Å². The van der Waals surface area contributed by atoms with Crippen LogP contribution in [0.5, 0.6) is 0 Å². The fourth-order valence-electron chi connectivity index (χ4n) is 1.32. The summed E-state index contributed by atoms with van der Waals surface area (Å²) in [6, 6.07) is 2.15. The summed E-state index contributed by atoms with van der Waals surface area (Å²) in [4.78, 5) is 4.51. The molecular formula is C11H14N2S2. The number of nitrogens with one attached hydrogen (secondary N) is 1. The topological polar surface area (TPSA) is 24.9 Å². The van der Waals surface area contributed by atoms with E-state index in [4.69, 9.17) is 0 Å². The molecule has 0 bridgehead atoms. The van der Waals surface area contributed by atoms with Gasteiger partial charge < -0.3 is 5.32 Å². The highest BCUT2D eigenvalue weighted by Crippen LogP contribution is 2.10. The molecule has 0 spiro atoms. The molecule has 4 heteroatoms. The molecule has 0 fully saturated rings. The summed E-state index contributed by atoms with van der Waals surface area (Å²) in [5, 5.41) is 11.0. The van der Waals surface area contributed by atoms with E-state index in [2.05, 4.69) is 39.4 Å². The number of aromatic nitrogens is 1.